The van der Waals surface area contributed by atoms with Crippen LogP contribution in [-0.4, -0.2) is 35.7 Å². The molecule has 3 heterocycles. The van der Waals surface area contributed by atoms with E-state index in [1.807, 2.05) is 20.8 Å². The second kappa shape index (κ2) is 6.09. The molecular formula is C17H26N6O2. The highest BCUT2D eigenvalue weighted by Gasteiger charge is 2.33. The Hall–Kier alpha value is -1.96. The SMILES string of the molecule is Cc1nnc(Cn2nc([C@H]3OCC[C@H]3C)n(C(C)C)c2=O)n1C1CC1. The van der Waals surface area contributed by atoms with Gasteiger partial charge in [0, 0.05) is 18.7 Å². The van der Waals surface area contributed by atoms with Gasteiger partial charge >= 0.3 is 5.69 Å². The molecule has 1 aliphatic carbocycles. The first-order chi connectivity index (χ1) is 12.0. The van der Waals surface area contributed by atoms with Crippen LogP contribution in [0.15, 0.2) is 4.79 Å². The van der Waals surface area contributed by atoms with E-state index in [2.05, 4.69) is 26.8 Å². The van der Waals surface area contributed by atoms with Crippen molar-refractivity contribution < 1.29 is 4.74 Å². The van der Waals surface area contributed by atoms with Crippen molar-refractivity contribution >= 4 is 0 Å². The predicted molar refractivity (Wildman–Crippen MR) is 91.5 cm³/mol. The average Bonchev–Trinajstić information content (AvgIpc) is 3.07. The van der Waals surface area contributed by atoms with Gasteiger partial charge in [0.25, 0.3) is 0 Å². The van der Waals surface area contributed by atoms with Gasteiger partial charge in [-0.1, -0.05) is 6.92 Å². The van der Waals surface area contributed by atoms with Crippen LogP contribution in [0.25, 0.3) is 0 Å². The van der Waals surface area contributed by atoms with Crippen molar-refractivity contribution in [3.05, 3.63) is 28.0 Å². The number of hydrogen-bond donors (Lipinski definition) is 0. The quantitative estimate of drug-likeness (QED) is 0.827. The Labute approximate surface area is 146 Å². The van der Waals surface area contributed by atoms with Crippen LogP contribution < -0.4 is 5.69 Å². The zero-order valence-corrected chi connectivity index (χ0v) is 15.3. The highest BCUT2D eigenvalue weighted by atomic mass is 16.5. The number of hydrogen-bond acceptors (Lipinski definition) is 5. The topological polar surface area (TPSA) is 79.8 Å². The van der Waals surface area contributed by atoms with E-state index in [9.17, 15) is 4.79 Å². The molecule has 0 N–H and O–H groups in total. The van der Waals surface area contributed by atoms with Crippen molar-refractivity contribution in [2.45, 2.75) is 71.7 Å². The van der Waals surface area contributed by atoms with E-state index < -0.39 is 0 Å². The van der Waals surface area contributed by atoms with Crippen LogP contribution >= 0.6 is 0 Å². The molecule has 25 heavy (non-hydrogen) atoms. The summed E-state index contributed by atoms with van der Waals surface area (Å²) >= 11 is 0. The number of rotatable bonds is 5. The van der Waals surface area contributed by atoms with Gasteiger partial charge < -0.3 is 9.30 Å². The van der Waals surface area contributed by atoms with Crippen LogP contribution in [0.2, 0.25) is 0 Å². The Morgan fingerprint density at radius 1 is 1.24 bits per heavy atom. The molecule has 1 saturated carbocycles. The lowest BCUT2D eigenvalue weighted by Crippen LogP contribution is -2.28. The number of nitrogens with zero attached hydrogens (tertiary/aromatic N) is 6. The Bertz CT molecular complexity index is 829. The fraction of sp³-hybridized carbons (Fsp3) is 0.765. The van der Waals surface area contributed by atoms with E-state index >= 15 is 0 Å². The van der Waals surface area contributed by atoms with Gasteiger partial charge in [-0.15, -0.1) is 10.2 Å². The third-order valence-corrected chi connectivity index (χ3v) is 5.20. The monoisotopic (exact) mass is 346 g/mol. The van der Waals surface area contributed by atoms with Gasteiger partial charge in [-0.3, -0.25) is 4.57 Å². The number of aromatic nitrogens is 6. The van der Waals surface area contributed by atoms with Gasteiger partial charge in [0.2, 0.25) is 0 Å². The summed E-state index contributed by atoms with van der Waals surface area (Å²) in [5.41, 5.74) is -0.101. The summed E-state index contributed by atoms with van der Waals surface area (Å²) < 4.78 is 11.3. The van der Waals surface area contributed by atoms with Crippen molar-refractivity contribution in [3.8, 4) is 0 Å². The second-order valence-electron chi connectivity index (χ2n) is 7.58. The second-order valence-corrected chi connectivity index (χ2v) is 7.58. The van der Waals surface area contributed by atoms with Crippen molar-refractivity contribution in [1.29, 1.82) is 0 Å². The molecule has 2 aromatic rings. The minimum Gasteiger partial charge on any atom is -0.370 e. The van der Waals surface area contributed by atoms with E-state index in [0.717, 1.165) is 43.3 Å². The molecule has 2 aromatic heterocycles. The van der Waals surface area contributed by atoms with Crippen molar-refractivity contribution in [3.63, 3.8) is 0 Å². The Morgan fingerprint density at radius 3 is 2.60 bits per heavy atom. The molecule has 0 bridgehead atoms. The van der Waals surface area contributed by atoms with Crippen LogP contribution in [0, 0.1) is 12.8 Å². The molecule has 0 aromatic carbocycles. The van der Waals surface area contributed by atoms with E-state index in [1.54, 1.807) is 4.57 Å². The van der Waals surface area contributed by atoms with Gasteiger partial charge in [-0.05, 0) is 46.0 Å². The largest absolute Gasteiger partial charge is 0.370 e. The normalized spacial score (nSPS) is 23.7. The van der Waals surface area contributed by atoms with Crippen LogP contribution in [0.3, 0.4) is 0 Å². The maximum atomic E-state index is 13.0. The van der Waals surface area contributed by atoms with E-state index in [4.69, 9.17) is 4.74 Å². The molecule has 4 rings (SSSR count). The van der Waals surface area contributed by atoms with Gasteiger partial charge in [-0.25, -0.2) is 9.48 Å². The average molecular weight is 346 g/mol. The minimum absolute atomic E-state index is 0.0377. The first-order valence-electron chi connectivity index (χ1n) is 9.18. The molecule has 136 valence electrons. The lowest BCUT2D eigenvalue weighted by molar-refractivity contribution is 0.0825. The molecular weight excluding hydrogens is 320 g/mol. The van der Waals surface area contributed by atoms with Crippen LogP contribution in [0.5, 0.6) is 0 Å². The van der Waals surface area contributed by atoms with E-state index in [0.29, 0.717) is 18.5 Å². The first-order valence-corrected chi connectivity index (χ1v) is 9.18. The third-order valence-electron chi connectivity index (χ3n) is 5.20. The van der Waals surface area contributed by atoms with E-state index in [1.165, 1.54) is 4.68 Å². The molecule has 2 aliphatic rings. The zero-order chi connectivity index (χ0) is 17.7. The molecule has 2 fully saturated rings. The molecule has 1 aliphatic heterocycles. The molecule has 1 saturated heterocycles. The zero-order valence-electron chi connectivity index (χ0n) is 15.3. The predicted octanol–water partition coefficient (Wildman–Crippen LogP) is 2.01. The van der Waals surface area contributed by atoms with Gasteiger partial charge in [-0.2, -0.15) is 5.10 Å². The number of aryl methyl sites for hydroxylation is 1. The van der Waals surface area contributed by atoms with Gasteiger partial charge in [0.05, 0.1) is 0 Å². The summed E-state index contributed by atoms with van der Waals surface area (Å²) in [6.07, 6.45) is 3.19. The summed E-state index contributed by atoms with van der Waals surface area (Å²) in [7, 11) is 0. The van der Waals surface area contributed by atoms with Gasteiger partial charge in [0.15, 0.2) is 11.6 Å². The van der Waals surface area contributed by atoms with Crippen molar-refractivity contribution in [2.75, 3.05) is 6.61 Å². The highest BCUT2D eigenvalue weighted by molar-refractivity contribution is 5.04. The summed E-state index contributed by atoms with van der Waals surface area (Å²) in [6, 6.07) is 0.515. The highest BCUT2D eigenvalue weighted by Crippen LogP contribution is 2.36. The molecule has 8 heteroatoms. The third kappa shape index (κ3) is 2.82. The Morgan fingerprint density at radius 2 is 2.00 bits per heavy atom. The Kier molecular flexibility index (Phi) is 4.02. The lowest BCUT2D eigenvalue weighted by atomic mass is 10.0. The Balaban J connectivity index is 1.72. The van der Waals surface area contributed by atoms with Crippen LogP contribution in [-0.2, 0) is 11.3 Å². The van der Waals surface area contributed by atoms with Crippen LogP contribution in [0.1, 0.15) is 75.7 Å². The molecule has 8 nitrogen and oxygen atoms in total. The molecule has 2 atom stereocenters. The lowest BCUT2D eigenvalue weighted by Gasteiger charge is -2.16. The first kappa shape index (κ1) is 16.5. The smallest absolute Gasteiger partial charge is 0.346 e. The maximum Gasteiger partial charge on any atom is 0.346 e. The van der Waals surface area contributed by atoms with Crippen LogP contribution in [0.4, 0.5) is 0 Å². The molecule has 0 amide bonds. The summed E-state index contributed by atoms with van der Waals surface area (Å²) in [5, 5.41) is 13.1. The summed E-state index contributed by atoms with van der Waals surface area (Å²) in [5.74, 6) is 2.81. The summed E-state index contributed by atoms with van der Waals surface area (Å²) in [4.78, 5) is 13.0. The fourth-order valence-corrected chi connectivity index (χ4v) is 3.71. The standard InChI is InChI=1S/C17H26N6O2/c1-10(2)22-16(15-11(3)7-8-25-15)20-21(17(22)24)9-14-19-18-12(4)23(14)13-5-6-13/h10-11,13,15H,5-9H2,1-4H3/t11-,15+/m1/s1. The number of ether oxygens (including phenoxy) is 1. The minimum atomic E-state index is -0.112. The van der Waals surface area contributed by atoms with E-state index in [-0.39, 0.29) is 17.8 Å². The van der Waals surface area contributed by atoms with Gasteiger partial charge in [0.1, 0.15) is 18.5 Å². The maximum absolute atomic E-state index is 13.0. The van der Waals surface area contributed by atoms with Crippen molar-refractivity contribution in [1.82, 2.24) is 29.1 Å². The molecule has 0 unspecified atom stereocenters. The fourth-order valence-electron chi connectivity index (χ4n) is 3.71. The molecule has 0 radical (unpaired) electrons. The summed E-state index contributed by atoms with van der Waals surface area (Å²) in [6.45, 7) is 9.20. The molecule has 0 spiro atoms. The van der Waals surface area contributed by atoms with Crippen molar-refractivity contribution in [2.24, 2.45) is 5.92 Å².